The van der Waals surface area contributed by atoms with Crippen molar-refractivity contribution < 1.29 is 9.32 Å². The van der Waals surface area contributed by atoms with Crippen molar-refractivity contribution in [1.82, 2.24) is 10.5 Å². The van der Waals surface area contributed by atoms with Gasteiger partial charge in [-0.25, -0.2) is 0 Å². The van der Waals surface area contributed by atoms with E-state index in [1.807, 2.05) is 30.3 Å². The first-order chi connectivity index (χ1) is 10.2. The second-order valence-corrected chi connectivity index (χ2v) is 5.48. The average molecular weight is 285 g/mol. The molecule has 1 aromatic carbocycles. The second kappa shape index (κ2) is 5.69. The van der Waals surface area contributed by atoms with Gasteiger partial charge in [-0.1, -0.05) is 35.5 Å². The van der Waals surface area contributed by atoms with E-state index in [9.17, 15) is 4.79 Å². The van der Waals surface area contributed by atoms with E-state index in [0.29, 0.717) is 11.6 Å². The van der Waals surface area contributed by atoms with Crippen LogP contribution in [0.2, 0.25) is 0 Å². The lowest BCUT2D eigenvalue weighted by Crippen LogP contribution is -2.48. The molecule has 1 aliphatic rings. The molecule has 2 heterocycles. The molecule has 2 N–H and O–H groups in total. The fourth-order valence-electron chi connectivity index (χ4n) is 2.92. The normalized spacial score (nSPS) is 17.4. The lowest BCUT2D eigenvalue weighted by Gasteiger charge is -2.36. The zero-order chi connectivity index (χ0) is 14.7. The third-order valence-corrected chi connectivity index (χ3v) is 4.09. The molecule has 1 amide bonds. The van der Waals surface area contributed by atoms with E-state index >= 15 is 0 Å². The lowest BCUT2D eigenvalue weighted by molar-refractivity contribution is -0.122. The number of anilines is 1. The summed E-state index contributed by atoms with van der Waals surface area (Å²) in [7, 11) is 0. The zero-order valence-corrected chi connectivity index (χ0v) is 12.1. The standard InChI is InChI=1S/C16H19N3O2/c1-12-11-14(19-21-12)18-15(20)16(7-9-17-10-8-16)13-5-3-2-4-6-13/h2-6,11,17H,7-10H2,1H3,(H,18,19,20). The highest BCUT2D eigenvalue weighted by Crippen LogP contribution is 2.34. The van der Waals surface area contributed by atoms with E-state index < -0.39 is 5.41 Å². The SMILES string of the molecule is Cc1cc(NC(=O)C2(c3ccccc3)CCNCC2)no1. The van der Waals surface area contributed by atoms with E-state index in [2.05, 4.69) is 15.8 Å². The number of carbonyl (C=O) groups is 1. The predicted molar refractivity (Wildman–Crippen MR) is 80.1 cm³/mol. The van der Waals surface area contributed by atoms with Gasteiger partial charge in [-0.05, 0) is 38.4 Å². The van der Waals surface area contributed by atoms with E-state index in [1.165, 1.54) is 0 Å². The number of carbonyl (C=O) groups excluding carboxylic acids is 1. The van der Waals surface area contributed by atoms with Gasteiger partial charge in [0.2, 0.25) is 5.91 Å². The molecule has 0 saturated carbocycles. The van der Waals surface area contributed by atoms with Crippen molar-refractivity contribution in [3.05, 3.63) is 47.7 Å². The number of benzene rings is 1. The number of aryl methyl sites for hydroxylation is 1. The second-order valence-electron chi connectivity index (χ2n) is 5.48. The third kappa shape index (κ3) is 2.69. The van der Waals surface area contributed by atoms with E-state index in [0.717, 1.165) is 31.5 Å². The van der Waals surface area contributed by atoms with Crippen molar-refractivity contribution >= 4 is 11.7 Å². The Balaban J connectivity index is 1.90. The summed E-state index contributed by atoms with van der Waals surface area (Å²) in [6.45, 7) is 3.47. The van der Waals surface area contributed by atoms with E-state index in [-0.39, 0.29) is 5.91 Å². The Morgan fingerprint density at radius 1 is 1.29 bits per heavy atom. The number of hydrogen-bond acceptors (Lipinski definition) is 4. The fourth-order valence-corrected chi connectivity index (χ4v) is 2.92. The number of nitrogens with one attached hydrogen (secondary N) is 2. The number of aromatic nitrogens is 1. The highest BCUT2D eigenvalue weighted by molar-refractivity contribution is 5.98. The first-order valence-electron chi connectivity index (χ1n) is 7.22. The van der Waals surface area contributed by atoms with Gasteiger partial charge in [-0.3, -0.25) is 4.79 Å². The molecule has 1 aromatic heterocycles. The van der Waals surface area contributed by atoms with Gasteiger partial charge >= 0.3 is 0 Å². The summed E-state index contributed by atoms with van der Waals surface area (Å²) in [5.41, 5.74) is 0.559. The largest absolute Gasteiger partial charge is 0.360 e. The maximum Gasteiger partial charge on any atom is 0.236 e. The van der Waals surface area contributed by atoms with Gasteiger partial charge < -0.3 is 15.2 Å². The van der Waals surface area contributed by atoms with Gasteiger partial charge in [0.1, 0.15) is 5.76 Å². The van der Waals surface area contributed by atoms with Gasteiger partial charge in [0.05, 0.1) is 5.41 Å². The summed E-state index contributed by atoms with van der Waals surface area (Å²) in [6, 6.07) is 11.7. The van der Waals surface area contributed by atoms with Crippen LogP contribution >= 0.6 is 0 Å². The number of piperidine rings is 1. The molecule has 0 bridgehead atoms. The minimum Gasteiger partial charge on any atom is -0.360 e. The van der Waals surface area contributed by atoms with Crippen molar-refractivity contribution in [2.75, 3.05) is 18.4 Å². The zero-order valence-electron chi connectivity index (χ0n) is 12.1. The molecule has 110 valence electrons. The van der Waals surface area contributed by atoms with Crippen molar-refractivity contribution in [2.45, 2.75) is 25.2 Å². The molecule has 1 fully saturated rings. The lowest BCUT2D eigenvalue weighted by atomic mass is 9.72. The van der Waals surface area contributed by atoms with Crippen LogP contribution in [0.25, 0.3) is 0 Å². The van der Waals surface area contributed by atoms with Crippen LogP contribution in [0.3, 0.4) is 0 Å². The maximum absolute atomic E-state index is 12.9. The Kier molecular flexibility index (Phi) is 3.75. The van der Waals surface area contributed by atoms with Crippen LogP contribution in [0.4, 0.5) is 5.82 Å². The van der Waals surface area contributed by atoms with Gasteiger partial charge in [0, 0.05) is 6.07 Å². The average Bonchev–Trinajstić information content (AvgIpc) is 2.94. The molecular weight excluding hydrogens is 266 g/mol. The number of hydrogen-bond donors (Lipinski definition) is 2. The molecule has 0 radical (unpaired) electrons. The minimum absolute atomic E-state index is 0.0106. The fraction of sp³-hybridized carbons (Fsp3) is 0.375. The van der Waals surface area contributed by atoms with Crippen molar-refractivity contribution in [3.8, 4) is 0 Å². The molecular formula is C16H19N3O2. The smallest absolute Gasteiger partial charge is 0.236 e. The van der Waals surface area contributed by atoms with Crippen molar-refractivity contribution in [1.29, 1.82) is 0 Å². The molecule has 21 heavy (non-hydrogen) atoms. The van der Waals surface area contributed by atoms with Gasteiger partial charge in [0.25, 0.3) is 0 Å². The number of amides is 1. The van der Waals surface area contributed by atoms with Crippen molar-refractivity contribution in [3.63, 3.8) is 0 Å². The van der Waals surface area contributed by atoms with Crippen LogP contribution in [-0.2, 0) is 10.2 Å². The summed E-state index contributed by atoms with van der Waals surface area (Å²) in [4.78, 5) is 12.9. The Labute approximate surface area is 123 Å². The molecule has 0 unspecified atom stereocenters. The van der Waals surface area contributed by atoms with Gasteiger partial charge in [0.15, 0.2) is 5.82 Å². The number of nitrogens with zero attached hydrogens (tertiary/aromatic N) is 1. The molecule has 0 atom stereocenters. The Hall–Kier alpha value is -2.14. The van der Waals surface area contributed by atoms with Gasteiger partial charge in [-0.2, -0.15) is 0 Å². The van der Waals surface area contributed by atoms with Crippen LogP contribution in [-0.4, -0.2) is 24.2 Å². The van der Waals surface area contributed by atoms with E-state index in [1.54, 1.807) is 13.0 Å². The summed E-state index contributed by atoms with van der Waals surface area (Å²) in [6.07, 6.45) is 1.55. The van der Waals surface area contributed by atoms with E-state index in [4.69, 9.17) is 4.52 Å². The van der Waals surface area contributed by atoms with Crippen LogP contribution in [0.5, 0.6) is 0 Å². The summed E-state index contributed by atoms with van der Waals surface area (Å²) < 4.78 is 5.01. The van der Waals surface area contributed by atoms with Crippen LogP contribution < -0.4 is 10.6 Å². The summed E-state index contributed by atoms with van der Waals surface area (Å²) in [5, 5.41) is 10.1. The van der Waals surface area contributed by atoms with Crippen LogP contribution in [0.1, 0.15) is 24.2 Å². The van der Waals surface area contributed by atoms with Crippen LogP contribution in [0.15, 0.2) is 40.9 Å². The van der Waals surface area contributed by atoms with Gasteiger partial charge in [-0.15, -0.1) is 0 Å². The molecule has 0 aliphatic carbocycles. The summed E-state index contributed by atoms with van der Waals surface area (Å²) in [5.74, 6) is 1.15. The maximum atomic E-state index is 12.9. The predicted octanol–water partition coefficient (Wildman–Crippen LogP) is 2.24. The molecule has 5 heteroatoms. The molecule has 0 spiro atoms. The molecule has 5 nitrogen and oxygen atoms in total. The highest BCUT2D eigenvalue weighted by atomic mass is 16.5. The molecule has 1 saturated heterocycles. The Bertz CT molecular complexity index is 615. The number of rotatable bonds is 3. The minimum atomic E-state index is -0.501. The third-order valence-electron chi connectivity index (χ3n) is 4.09. The molecule has 3 rings (SSSR count). The molecule has 2 aromatic rings. The van der Waals surface area contributed by atoms with Crippen molar-refractivity contribution in [2.24, 2.45) is 0 Å². The quantitative estimate of drug-likeness (QED) is 0.907. The topological polar surface area (TPSA) is 67.2 Å². The molecule has 1 aliphatic heterocycles. The monoisotopic (exact) mass is 285 g/mol. The highest BCUT2D eigenvalue weighted by Gasteiger charge is 2.41. The summed E-state index contributed by atoms with van der Waals surface area (Å²) >= 11 is 0. The Morgan fingerprint density at radius 3 is 2.62 bits per heavy atom. The first kappa shape index (κ1) is 13.8. The van der Waals surface area contributed by atoms with Crippen LogP contribution in [0, 0.1) is 6.92 Å². The first-order valence-corrected chi connectivity index (χ1v) is 7.22. The Morgan fingerprint density at radius 2 is 2.00 bits per heavy atom.